The van der Waals surface area contributed by atoms with Crippen LogP contribution in [0.2, 0.25) is 0 Å². The van der Waals surface area contributed by atoms with Crippen molar-refractivity contribution in [3.8, 4) is 0 Å². The van der Waals surface area contributed by atoms with Gasteiger partial charge in [0.1, 0.15) is 0 Å². The largest absolute Gasteiger partial charge is 0.478 e. The van der Waals surface area contributed by atoms with Crippen molar-refractivity contribution in [1.29, 1.82) is 0 Å². The van der Waals surface area contributed by atoms with Gasteiger partial charge in [-0.15, -0.1) is 0 Å². The van der Waals surface area contributed by atoms with Gasteiger partial charge < -0.3 is 5.11 Å². The minimum atomic E-state index is -5.05. The van der Waals surface area contributed by atoms with Crippen LogP contribution < -0.4 is 0 Å². The summed E-state index contributed by atoms with van der Waals surface area (Å²) in [5.74, 6) is -2.73. The Morgan fingerprint density at radius 2 is 1.75 bits per heavy atom. The summed E-state index contributed by atoms with van der Waals surface area (Å²) in [5, 5.41) is 8.74. The number of halogens is 4. The number of aromatic carboxylic acids is 1. The molecule has 1 N–H and O–H groups in total. The number of carboxylic acids is 1. The molecule has 6 heteroatoms. The maximum Gasteiger partial charge on any atom is 0.427 e. The van der Waals surface area contributed by atoms with E-state index in [1.165, 1.54) is 18.2 Å². The predicted molar refractivity (Wildman–Crippen MR) is 64.3 cm³/mol. The fourth-order valence-electron chi connectivity index (χ4n) is 2.07. The number of benzene rings is 1. The number of carbonyl (C=O) groups is 1. The Bertz CT molecular complexity index is 572. The first-order valence-electron chi connectivity index (χ1n) is 5.70. The molecular formula is C14H10F4O2. The van der Waals surface area contributed by atoms with Crippen LogP contribution in [0.5, 0.6) is 0 Å². The van der Waals surface area contributed by atoms with Crippen LogP contribution in [0, 0.1) is 0 Å². The van der Waals surface area contributed by atoms with E-state index in [1.807, 2.05) is 0 Å². The first-order valence-corrected chi connectivity index (χ1v) is 5.70. The molecule has 0 fully saturated rings. The Morgan fingerprint density at radius 3 is 2.25 bits per heavy atom. The highest BCUT2D eigenvalue weighted by molar-refractivity contribution is 5.87. The molecule has 2 atom stereocenters. The molecule has 0 saturated heterocycles. The van der Waals surface area contributed by atoms with E-state index in [1.54, 1.807) is 0 Å². The molecule has 0 saturated carbocycles. The fraction of sp³-hybridized carbons (Fsp3) is 0.214. The van der Waals surface area contributed by atoms with Crippen LogP contribution in [0.25, 0.3) is 0 Å². The van der Waals surface area contributed by atoms with Gasteiger partial charge in [0.2, 0.25) is 5.67 Å². The Labute approximate surface area is 112 Å². The molecule has 0 aromatic heterocycles. The number of alkyl halides is 4. The van der Waals surface area contributed by atoms with E-state index in [2.05, 4.69) is 0 Å². The lowest BCUT2D eigenvalue weighted by Crippen LogP contribution is -2.44. The van der Waals surface area contributed by atoms with Crippen molar-refractivity contribution in [3.05, 3.63) is 59.7 Å². The molecule has 0 bridgehead atoms. The lowest BCUT2D eigenvalue weighted by atomic mass is 9.80. The molecule has 2 nitrogen and oxygen atoms in total. The van der Waals surface area contributed by atoms with Gasteiger partial charge in [-0.25, -0.2) is 9.18 Å². The van der Waals surface area contributed by atoms with Gasteiger partial charge in [-0.3, -0.25) is 0 Å². The number of hydrogen-bond acceptors (Lipinski definition) is 1. The van der Waals surface area contributed by atoms with Gasteiger partial charge in [-0.05, 0) is 23.8 Å². The van der Waals surface area contributed by atoms with Crippen molar-refractivity contribution in [2.45, 2.75) is 17.8 Å². The molecule has 2 unspecified atom stereocenters. The summed E-state index contributed by atoms with van der Waals surface area (Å²) in [6.45, 7) is 0. The van der Waals surface area contributed by atoms with Crippen molar-refractivity contribution in [2.75, 3.05) is 0 Å². The maximum atomic E-state index is 14.3. The Morgan fingerprint density at radius 1 is 1.15 bits per heavy atom. The van der Waals surface area contributed by atoms with Crippen LogP contribution in [-0.4, -0.2) is 22.9 Å². The van der Waals surface area contributed by atoms with Gasteiger partial charge >= 0.3 is 12.1 Å². The van der Waals surface area contributed by atoms with E-state index < -0.39 is 23.7 Å². The first-order chi connectivity index (χ1) is 9.25. The van der Waals surface area contributed by atoms with Crippen molar-refractivity contribution < 1.29 is 27.5 Å². The third kappa shape index (κ3) is 2.33. The van der Waals surface area contributed by atoms with Crippen molar-refractivity contribution in [2.24, 2.45) is 0 Å². The average Bonchev–Trinajstić information content (AvgIpc) is 2.38. The summed E-state index contributed by atoms with van der Waals surface area (Å²) >= 11 is 0. The van der Waals surface area contributed by atoms with Crippen molar-refractivity contribution in [3.63, 3.8) is 0 Å². The third-order valence-electron chi connectivity index (χ3n) is 3.16. The van der Waals surface area contributed by atoms with Crippen LogP contribution >= 0.6 is 0 Å². The van der Waals surface area contributed by atoms with Gasteiger partial charge in [0, 0.05) is 5.92 Å². The summed E-state index contributed by atoms with van der Waals surface area (Å²) in [4.78, 5) is 10.7. The topological polar surface area (TPSA) is 37.3 Å². The predicted octanol–water partition coefficient (Wildman–Crippen LogP) is 3.87. The molecule has 0 heterocycles. The summed E-state index contributed by atoms with van der Waals surface area (Å²) in [6, 6.07) is 4.69. The molecule has 0 aliphatic heterocycles. The van der Waals surface area contributed by atoms with E-state index >= 15 is 0 Å². The highest BCUT2D eigenvalue weighted by Gasteiger charge is 2.59. The molecule has 106 valence electrons. The maximum absolute atomic E-state index is 14.3. The molecule has 1 aromatic carbocycles. The molecule has 20 heavy (non-hydrogen) atoms. The van der Waals surface area contributed by atoms with Gasteiger partial charge in [-0.1, -0.05) is 30.4 Å². The highest BCUT2D eigenvalue weighted by atomic mass is 19.4. The number of hydrogen-bond donors (Lipinski definition) is 1. The molecule has 1 aliphatic rings. The minimum absolute atomic E-state index is 0.0652. The molecule has 2 rings (SSSR count). The molecular weight excluding hydrogens is 276 g/mol. The fourth-order valence-corrected chi connectivity index (χ4v) is 2.07. The SMILES string of the molecule is O=C(O)c1ccc(C2C=CC=CC2(F)C(F)(F)F)cc1. The van der Waals surface area contributed by atoms with E-state index in [-0.39, 0.29) is 11.1 Å². The molecule has 1 aliphatic carbocycles. The lowest BCUT2D eigenvalue weighted by molar-refractivity contribution is -0.216. The van der Waals surface area contributed by atoms with Gasteiger partial charge in [0.05, 0.1) is 5.56 Å². The molecule has 0 spiro atoms. The number of carboxylic acid groups (broad SMARTS) is 1. The third-order valence-corrected chi connectivity index (χ3v) is 3.16. The first kappa shape index (κ1) is 14.3. The zero-order valence-corrected chi connectivity index (χ0v) is 10.1. The van der Waals surface area contributed by atoms with Gasteiger partial charge in [0.25, 0.3) is 0 Å². The van der Waals surface area contributed by atoms with Gasteiger partial charge in [-0.2, -0.15) is 13.2 Å². The van der Waals surface area contributed by atoms with E-state index in [4.69, 9.17) is 5.11 Å². The number of rotatable bonds is 2. The average molecular weight is 286 g/mol. The highest BCUT2D eigenvalue weighted by Crippen LogP contribution is 2.47. The normalized spacial score (nSPS) is 25.7. The molecule has 0 radical (unpaired) electrons. The molecule has 0 amide bonds. The van der Waals surface area contributed by atoms with Crippen LogP contribution in [-0.2, 0) is 0 Å². The van der Waals surface area contributed by atoms with Gasteiger partial charge in [0.15, 0.2) is 0 Å². The van der Waals surface area contributed by atoms with E-state index in [0.29, 0.717) is 6.08 Å². The van der Waals surface area contributed by atoms with E-state index in [9.17, 15) is 22.4 Å². The minimum Gasteiger partial charge on any atom is -0.478 e. The Hall–Kier alpha value is -2.11. The van der Waals surface area contributed by atoms with Crippen molar-refractivity contribution >= 4 is 5.97 Å². The molecule has 1 aromatic rings. The monoisotopic (exact) mass is 286 g/mol. The second kappa shape index (κ2) is 4.77. The van der Waals surface area contributed by atoms with Crippen LogP contribution in [0.15, 0.2) is 48.6 Å². The second-order valence-electron chi connectivity index (χ2n) is 4.41. The summed E-state index contributed by atoms with van der Waals surface area (Å²) < 4.78 is 53.1. The Kier molecular flexibility index (Phi) is 3.41. The van der Waals surface area contributed by atoms with Crippen molar-refractivity contribution in [1.82, 2.24) is 0 Å². The van der Waals surface area contributed by atoms with E-state index in [0.717, 1.165) is 24.3 Å². The Balaban J connectivity index is 2.42. The smallest absolute Gasteiger partial charge is 0.427 e. The van der Waals surface area contributed by atoms with Crippen LogP contribution in [0.4, 0.5) is 17.6 Å². The zero-order chi connectivity index (χ0) is 15.0. The van der Waals surface area contributed by atoms with Crippen LogP contribution in [0.3, 0.4) is 0 Å². The summed E-state index contributed by atoms with van der Waals surface area (Å²) in [7, 11) is 0. The number of allylic oxidation sites excluding steroid dienone is 4. The second-order valence-corrected chi connectivity index (χ2v) is 4.41. The summed E-state index contributed by atoms with van der Waals surface area (Å²) in [5.41, 5.74) is -3.50. The standard InChI is InChI=1S/C14H10F4O2/c15-13(14(16,17)18)8-2-1-3-11(13)9-4-6-10(7-5-9)12(19)20/h1-8,11H,(H,19,20). The quantitative estimate of drug-likeness (QED) is 0.838. The zero-order valence-electron chi connectivity index (χ0n) is 10.1. The summed E-state index contributed by atoms with van der Waals surface area (Å²) in [6.07, 6.45) is -1.12. The lowest BCUT2D eigenvalue weighted by Gasteiger charge is -2.33. The van der Waals surface area contributed by atoms with Crippen LogP contribution in [0.1, 0.15) is 21.8 Å².